The minimum atomic E-state index is -3.43. The van der Waals surface area contributed by atoms with Gasteiger partial charge in [0, 0.05) is 0 Å². The van der Waals surface area contributed by atoms with Gasteiger partial charge in [-0.15, -0.1) is 0 Å². The molecule has 0 spiro atoms. The largest absolute Gasteiger partial charge is 0.491 e. The SMILES string of the molecule is CCOP(=O)(OCl)OCC. The van der Waals surface area contributed by atoms with Crippen LogP contribution in [0.25, 0.3) is 0 Å². The Hall–Kier alpha value is 0.400. The second kappa shape index (κ2) is 5.10. The predicted octanol–water partition coefficient (Wildman–Crippen LogP) is 2.34. The molecule has 0 aliphatic heterocycles. The van der Waals surface area contributed by atoms with Gasteiger partial charge in [0.15, 0.2) is 0 Å². The van der Waals surface area contributed by atoms with Crippen LogP contribution >= 0.6 is 19.7 Å². The van der Waals surface area contributed by atoms with Gasteiger partial charge in [-0.05, 0) is 13.8 Å². The van der Waals surface area contributed by atoms with Crippen LogP contribution in [-0.2, 0) is 17.7 Å². The molecule has 0 heterocycles. The number of phosphoric acid groups is 1. The monoisotopic (exact) mass is 188 g/mol. The molecule has 62 valence electrons. The molecule has 0 unspecified atom stereocenters. The van der Waals surface area contributed by atoms with Gasteiger partial charge in [0.2, 0.25) is 0 Å². The van der Waals surface area contributed by atoms with Crippen molar-refractivity contribution in [3.63, 3.8) is 0 Å². The zero-order chi connectivity index (χ0) is 8.04. The van der Waals surface area contributed by atoms with Crippen molar-refractivity contribution in [2.75, 3.05) is 13.2 Å². The Morgan fingerprint density at radius 1 is 1.30 bits per heavy atom. The summed E-state index contributed by atoms with van der Waals surface area (Å²) in [6.45, 7) is 3.82. The summed E-state index contributed by atoms with van der Waals surface area (Å²) in [5.41, 5.74) is 0. The zero-order valence-corrected chi connectivity index (χ0v) is 7.52. The topological polar surface area (TPSA) is 44.8 Å². The van der Waals surface area contributed by atoms with E-state index < -0.39 is 7.82 Å². The average Bonchev–Trinajstić information content (AvgIpc) is 1.89. The maximum absolute atomic E-state index is 11.0. The molecular weight excluding hydrogens is 178 g/mol. The summed E-state index contributed by atoms with van der Waals surface area (Å²) in [5, 5.41) is 0. The number of hydrogen-bond donors (Lipinski definition) is 0. The molecule has 0 bridgehead atoms. The third-order valence-electron chi connectivity index (χ3n) is 0.659. The lowest BCUT2D eigenvalue weighted by Gasteiger charge is -2.10. The third-order valence-corrected chi connectivity index (χ3v) is 2.48. The molecule has 0 fully saturated rings. The summed E-state index contributed by atoms with van der Waals surface area (Å²) in [6.07, 6.45) is 0. The highest BCUT2D eigenvalue weighted by Crippen LogP contribution is 2.50. The summed E-state index contributed by atoms with van der Waals surface area (Å²) in [6, 6.07) is 0. The van der Waals surface area contributed by atoms with Crippen LogP contribution in [-0.4, -0.2) is 13.2 Å². The number of rotatable bonds is 5. The number of hydrogen-bond acceptors (Lipinski definition) is 4. The Labute approximate surface area is 65.2 Å². The highest BCUT2D eigenvalue weighted by Gasteiger charge is 2.24. The molecule has 0 aromatic rings. The van der Waals surface area contributed by atoms with E-state index in [0.717, 1.165) is 0 Å². The molecule has 10 heavy (non-hydrogen) atoms. The molecule has 0 aromatic heterocycles. The first-order valence-corrected chi connectivity index (χ1v) is 4.65. The molecule has 0 N–H and O–H groups in total. The molecule has 0 radical (unpaired) electrons. The number of phosphoric ester groups is 1. The van der Waals surface area contributed by atoms with Gasteiger partial charge in [0.1, 0.15) is 0 Å². The van der Waals surface area contributed by atoms with Crippen LogP contribution in [0.15, 0.2) is 0 Å². The van der Waals surface area contributed by atoms with E-state index in [9.17, 15) is 4.57 Å². The van der Waals surface area contributed by atoms with Crippen molar-refractivity contribution < 1.29 is 17.7 Å². The fourth-order valence-electron chi connectivity index (χ4n) is 0.393. The van der Waals surface area contributed by atoms with E-state index in [1.807, 2.05) is 0 Å². The highest BCUT2D eigenvalue weighted by atomic mass is 35.5. The van der Waals surface area contributed by atoms with Crippen molar-refractivity contribution in [3.05, 3.63) is 0 Å². The summed E-state index contributed by atoms with van der Waals surface area (Å²) in [4.78, 5) is 0. The van der Waals surface area contributed by atoms with Crippen LogP contribution in [0.3, 0.4) is 0 Å². The molecule has 0 aliphatic rings. The lowest BCUT2D eigenvalue weighted by Crippen LogP contribution is -1.94. The van der Waals surface area contributed by atoms with Crippen LogP contribution in [0.2, 0.25) is 0 Å². The molecular formula is C4H10ClO4P. The molecule has 6 heteroatoms. The van der Waals surface area contributed by atoms with Crippen molar-refractivity contribution in [3.8, 4) is 0 Å². The quantitative estimate of drug-likeness (QED) is 0.621. The smallest absolute Gasteiger partial charge is 0.286 e. The fourth-order valence-corrected chi connectivity index (χ4v) is 1.42. The second-order valence-electron chi connectivity index (χ2n) is 1.35. The third kappa shape index (κ3) is 3.54. The van der Waals surface area contributed by atoms with Crippen LogP contribution in [0.1, 0.15) is 13.8 Å². The highest BCUT2D eigenvalue weighted by molar-refractivity contribution is 7.49. The molecule has 4 nitrogen and oxygen atoms in total. The maximum Gasteiger partial charge on any atom is 0.491 e. The van der Waals surface area contributed by atoms with E-state index in [4.69, 9.17) is 11.9 Å². The van der Waals surface area contributed by atoms with Crippen molar-refractivity contribution >= 4 is 19.7 Å². The molecule has 0 atom stereocenters. The second-order valence-corrected chi connectivity index (χ2v) is 3.31. The average molecular weight is 189 g/mol. The van der Waals surface area contributed by atoms with Gasteiger partial charge in [0.25, 0.3) is 0 Å². The van der Waals surface area contributed by atoms with Crippen molar-refractivity contribution in [1.82, 2.24) is 0 Å². The van der Waals surface area contributed by atoms with Crippen LogP contribution in [0, 0.1) is 0 Å². The summed E-state index contributed by atoms with van der Waals surface area (Å²) in [7, 11) is -3.43. The van der Waals surface area contributed by atoms with Gasteiger partial charge in [-0.25, -0.2) is 4.57 Å². The standard InChI is InChI=1S/C4H10ClO4P/c1-3-7-10(6,9-5)8-4-2/h3-4H2,1-2H3. The van der Waals surface area contributed by atoms with Gasteiger partial charge in [-0.1, -0.05) is 0 Å². The van der Waals surface area contributed by atoms with E-state index in [1.165, 1.54) is 0 Å². The van der Waals surface area contributed by atoms with Crippen LogP contribution < -0.4 is 0 Å². The van der Waals surface area contributed by atoms with E-state index in [-0.39, 0.29) is 13.2 Å². The van der Waals surface area contributed by atoms with E-state index in [1.54, 1.807) is 13.8 Å². The van der Waals surface area contributed by atoms with Crippen LogP contribution in [0.4, 0.5) is 0 Å². The number of halogens is 1. The molecule has 0 saturated carbocycles. The van der Waals surface area contributed by atoms with Gasteiger partial charge in [-0.3, -0.25) is 9.05 Å². The first-order valence-electron chi connectivity index (χ1n) is 2.88. The molecule has 0 aromatic carbocycles. The predicted molar refractivity (Wildman–Crippen MR) is 37.8 cm³/mol. The molecule has 0 amide bonds. The van der Waals surface area contributed by atoms with E-state index in [2.05, 4.69) is 13.1 Å². The Morgan fingerprint density at radius 3 is 1.90 bits per heavy atom. The summed E-state index contributed by atoms with van der Waals surface area (Å²) in [5.74, 6) is 0. The first kappa shape index (κ1) is 10.4. The zero-order valence-electron chi connectivity index (χ0n) is 5.87. The van der Waals surface area contributed by atoms with Gasteiger partial charge >= 0.3 is 7.82 Å². The van der Waals surface area contributed by atoms with Gasteiger partial charge in [-0.2, -0.15) is 4.08 Å². The Kier molecular flexibility index (Phi) is 5.31. The summed E-state index contributed by atoms with van der Waals surface area (Å²) < 4.78 is 24.2. The maximum atomic E-state index is 11.0. The van der Waals surface area contributed by atoms with Crippen molar-refractivity contribution in [1.29, 1.82) is 0 Å². The fraction of sp³-hybridized carbons (Fsp3) is 1.00. The Morgan fingerprint density at radius 2 is 1.70 bits per heavy atom. The van der Waals surface area contributed by atoms with E-state index in [0.29, 0.717) is 0 Å². The Bertz CT molecular complexity index is 118. The van der Waals surface area contributed by atoms with Crippen molar-refractivity contribution in [2.45, 2.75) is 13.8 Å². The summed E-state index contributed by atoms with van der Waals surface area (Å²) >= 11 is 4.85. The minimum Gasteiger partial charge on any atom is -0.286 e. The van der Waals surface area contributed by atoms with E-state index >= 15 is 0 Å². The van der Waals surface area contributed by atoms with Crippen molar-refractivity contribution in [2.24, 2.45) is 0 Å². The minimum absolute atomic E-state index is 0.240. The lowest BCUT2D eigenvalue weighted by molar-refractivity contribution is 0.171. The Balaban J connectivity index is 3.83. The van der Waals surface area contributed by atoms with Crippen LogP contribution in [0.5, 0.6) is 0 Å². The molecule has 0 aliphatic carbocycles. The lowest BCUT2D eigenvalue weighted by atomic mass is 10.9. The normalized spacial score (nSPS) is 11.9. The first-order chi connectivity index (χ1) is 4.68. The van der Waals surface area contributed by atoms with Gasteiger partial charge in [0.05, 0.1) is 25.1 Å². The molecule has 0 rings (SSSR count). The molecule has 0 saturated heterocycles. The van der Waals surface area contributed by atoms with Gasteiger partial charge < -0.3 is 0 Å².